The Labute approximate surface area is 244 Å². The molecule has 214 valence electrons. The molecular formula is C29H34BrN3O6S. The van der Waals surface area contributed by atoms with Crippen LogP contribution in [0.4, 0.5) is 5.69 Å². The summed E-state index contributed by atoms with van der Waals surface area (Å²) in [5.41, 5.74) is 0.997. The van der Waals surface area contributed by atoms with E-state index in [1.807, 2.05) is 31.2 Å². The van der Waals surface area contributed by atoms with E-state index in [2.05, 4.69) is 21.2 Å². The second-order valence-corrected chi connectivity index (χ2v) is 11.8. The Balaban J connectivity index is 2.06. The number of amides is 2. The molecule has 9 nitrogen and oxygen atoms in total. The first-order valence-electron chi connectivity index (χ1n) is 12.7. The van der Waals surface area contributed by atoms with E-state index in [1.54, 1.807) is 37.3 Å². The lowest BCUT2D eigenvalue weighted by Crippen LogP contribution is -2.51. The summed E-state index contributed by atoms with van der Waals surface area (Å²) in [6.45, 7) is 3.59. The van der Waals surface area contributed by atoms with Crippen LogP contribution in [0.15, 0.2) is 82.2 Å². The number of nitrogens with zero attached hydrogens (tertiary/aromatic N) is 2. The number of ether oxygens (including phenoxy) is 2. The molecule has 0 aromatic heterocycles. The van der Waals surface area contributed by atoms with E-state index in [-0.39, 0.29) is 23.0 Å². The molecule has 2 amide bonds. The second-order valence-electron chi connectivity index (χ2n) is 8.98. The van der Waals surface area contributed by atoms with Crippen LogP contribution in [-0.2, 0) is 26.2 Å². The van der Waals surface area contributed by atoms with Gasteiger partial charge in [0.15, 0.2) is 11.5 Å². The van der Waals surface area contributed by atoms with Crippen LogP contribution in [-0.4, -0.2) is 58.5 Å². The molecule has 0 spiro atoms. The van der Waals surface area contributed by atoms with Crippen LogP contribution in [0.3, 0.4) is 0 Å². The van der Waals surface area contributed by atoms with Gasteiger partial charge in [0.2, 0.25) is 11.8 Å². The standard InChI is InChI=1S/C29H34BrN3O6S/c1-5-17-31-29(35)21(2)32(19-22-11-13-23(30)14-12-22)28(34)20-33(40(36,37)25-9-7-6-8-10-25)24-15-16-26(38-3)27(18-24)39-4/h6-16,18,21H,5,17,19-20H2,1-4H3,(H,31,35)/t21-/m0/s1. The monoisotopic (exact) mass is 631 g/mol. The minimum Gasteiger partial charge on any atom is -0.493 e. The van der Waals surface area contributed by atoms with Crippen molar-refractivity contribution in [2.24, 2.45) is 0 Å². The highest BCUT2D eigenvalue weighted by Gasteiger charge is 2.32. The third kappa shape index (κ3) is 7.54. The zero-order valence-electron chi connectivity index (χ0n) is 23.0. The van der Waals surface area contributed by atoms with E-state index < -0.39 is 28.5 Å². The topological polar surface area (TPSA) is 105 Å². The van der Waals surface area contributed by atoms with E-state index in [0.717, 1.165) is 20.8 Å². The van der Waals surface area contributed by atoms with E-state index in [0.29, 0.717) is 18.0 Å². The SMILES string of the molecule is CCCNC(=O)[C@H](C)N(Cc1ccc(Br)cc1)C(=O)CN(c1ccc(OC)c(OC)c1)S(=O)(=O)c1ccccc1. The average Bonchev–Trinajstić information content (AvgIpc) is 2.97. The predicted octanol–water partition coefficient (Wildman–Crippen LogP) is 4.61. The lowest BCUT2D eigenvalue weighted by molar-refractivity contribution is -0.139. The molecule has 11 heteroatoms. The summed E-state index contributed by atoms with van der Waals surface area (Å²) in [4.78, 5) is 28.3. The second kappa shape index (κ2) is 14.2. The maximum absolute atomic E-state index is 13.9. The van der Waals surface area contributed by atoms with Gasteiger partial charge < -0.3 is 19.7 Å². The largest absolute Gasteiger partial charge is 0.493 e. The first-order valence-corrected chi connectivity index (χ1v) is 15.0. The van der Waals surface area contributed by atoms with Crippen molar-refractivity contribution in [1.29, 1.82) is 0 Å². The Morgan fingerprint density at radius 3 is 2.20 bits per heavy atom. The summed E-state index contributed by atoms with van der Waals surface area (Å²) in [6, 6.07) is 19.0. The van der Waals surface area contributed by atoms with E-state index >= 15 is 0 Å². The van der Waals surface area contributed by atoms with Gasteiger partial charge in [-0.25, -0.2) is 8.42 Å². The lowest BCUT2D eigenvalue weighted by atomic mass is 10.1. The van der Waals surface area contributed by atoms with Gasteiger partial charge in [-0.2, -0.15) is 0 Å². The zero-order valence-corrected chi connectivity index (χ0v) is 25.4. The fraction of sp³-hybridized carbons (Fsp3) is 0.310. The van der Waals surface area contributed by atoms with Crippen molar-refractivity contribution < 1.29 is 27.5 Å². The number of anilines is 1. The molecule has 0 aliphatic carbocycles. The smallest absolute Gasteiger partial charge is 0.264 e. The molecule has 0 saturated carbocycles. The van der Waals surface area contributed by atoms with Crippen molar-refractivity contribution >= 4 is 43.5 Å². The van der Waals surface area contributed by atoms with Crippen LogP contribution >= 0.6 is 15.9 Å². The van der Waals surface area contributed by atoms with Gasteiger partial charge in [0.1, 0.15) is 12.6 Å². The number of methoxy groups -OCH3 is 2. The quantitative estimate of drug-likeness (QED) is 0.295. The molecule has 3 aromatic rings. The molecule has 1 atom stereocenters. The van der Waals surface area contributed by atoms with Gasteiger partial charge in [0, 0.05) is 23.6 Å². The molecule has 3 rings (SSSR count). The van der Waals surface area contributed by atoms with Crippen molar-refractivity contribution in [3.8, 4) is 11.5 Å². The van der Waals surface area contributed by atoms with Crippen molar-refractivity contribution in [1.82, 2.24) is 10.2 Å². The van der Waals surface area contributed by atoms with Gasteiger partial charge in [-0.15, -0.1) is 0 Å². The maximum Gasteiger partial charge on any atom is 0.264 e. The Kier molecular flexibility index (Phi) is 11.0. The van der Waals surface area contributed by atoms with Gasteiger partial charge in [0.25, 0.3) is 10.0 Å². The molecule has 40 heavy (non-hydrogen) atoms. The minimum absolute atomic E-state index is 0.0192. The van der Waals surface area contributed by atoms with Gasteiger partial charge in [0.05, 0.1) is 24.8 Å². The number of nitrogens with one attached hydrogen (secondary N) is 1. The Bertz CT molecular complexity index is 1400. The fourth-order valence-corrected chi connectivity index (χ4v) is 5.68. The molecular weight excluding hydrogens is 598 g/mol. The lowest BCUT2D eigenvalue weighted by Gasteiger charge is -2.32. The van der Waals surface area contributed by atoms with Crippen molar-refractivity contribution in [2.75, 3.05) is 31.6 Å². The average molecular weight is 633 g/mol. The molecule has 3 aromatic carbocycles. The third-order valence-electron chi connectivity index (χ3n) is 6.25. The van der Waals surface area contributed by atoms with Gasteiger partial charge in [-0.1, -0.05) is 53.2 Å². The van der Waals surface area contributed by atoms with Gasteiger partial charge >= 0.3 is 0 Å². The maximum atomic E-state index is 13.9. The molecule has 0 aliphatic heterocycles. The highest BCUT2D eigenvalue weighted by molar-refractivity contribution is 9.10. The molecule has 0 radical (unpaired) electrons. The number of halogens is 1. The number of sulfonamides is 1. The first kappa shape index (κ1) is 31.0. The van der Waals surface area contributed by atoms with Crippen molar-refractivity contribution in [3.05, 3.63) is 82.8 Å². The Morgan fingerprint density at radius 1 is 0.950 bits per heavy atom. The summed E-state index contributed by atoms with van der Waals surface area (Å²) in [6.07, 6.45) is 0.738. The normalized spacial score (nSPS) is 11.8. The summed E-state index contributed by atoms with van der Waals surface area (Å²) in [5.74, 6) is -0.153. The molecule has 0 saturated heterocycles. The summed E-state index contributed by atoms with van der Waals surface area (Å²) in [7, 11) is -1.26. The van der Waals surface area contributed by atoms with Gasteiger partial charge in [-0.05, 0) is 55.3 Å². The highest BCUT2D eigenvalue weighted by atomic mass is 79.9. The molecule has 0 bridgehead atoms. The molecule has 0 fully saturated rings. The summed E-state index contributed by atoms with van der Waals surface area (Å²) < 4.78 is 40.4. The first-order chi connectivity index (χ1) is 19.1. The van der Waals surface area contributed by atoms with Gasteiger partial charge in [-0.3, -0.25) is 13.9 Å². The number of carbonyl (C=O) groups excluding carboxylic acids is 2. The Morgan fingerprint density at radius 2 is 1.60 bits per heavy atom. The van der Waals surface area contributed by atoms with Crippen LogP contribution in [0.1, 0.15) is 25.8 Å². The van der Waals surface area contributed by atoms with Crippen LogP contribution in [0.2, 0.25) is 0 Å². The minimum atomic E-state index is -4.18. The Hall–Kier alpha value is -3.57. The molecule has 0 aliphatic rings. The third-order valence-corrected chi connectivity index (χ3v) is 8.56. The van der Waals surface area contributed by atoms with Crippen molar-refractivity contribution in [2.45, 2.75) is 37.8 Å². The van der Waals surface area contributed by atoms with Crippen LogP contribution in [0.25, 0.3) is 0 Å². The summed E-state index contributed by atoms with van der Waals surface area (Å²) >= 11 is 3.41. The highest BCUT2D eigenvalue weighted by Crippen LogP contribution is 2.34. The number of benzene rings is 3. The van der Waals surface area contributed by atoms with E-state index in [1.165, 1.54) is 37.3 Å². The number of carbonyl (C=O) groups is 2. The molecule has 0 heterocycles. The van der Waals surface area contributed by atoms with E-state index in [9.17, 15) is 18.0 Å². The number of rotatable bonds is 13. The summed E-state index contributed by atoms with van der Waals surface area (Å²) in [5, 5.41) is 2.83. The van der Waals surface area contributed by atoms with E-state index in [4.69, 9.17) is 9.47 Å². The fourth-order valence-electron chi connectivity index (χ4n) is 3.99. The van der Waals surface area contributed by atoms with Crippen molar-refractivity contribution in [3.63, 3.8) is 0 Å². The zero-order chi connectivity index (χ0) is 29.3. The number of hydrogen-bond donors (Lipinski definition) is 1. The predicted molar refractivity (Wildman–Crippen MR) is 158 cm³/mol. The van der Waals surface area contributed by atoms with Crippen LogP contribution < -0.4 is 19.1 Å². The van der Waals surface area contributed by atoms with Crippen LogP contribution in [0, 0.1) is 0 Å². The molecule has 1 N–H and O–H groups in total. The molecule has 0 unspecified atom stereocenters. The van der Waals surface area contributed by atoms with Crippen LogP contribution in [0.5, 0.6) is 11.5 Å². The number of hydrogen-bond acceptors (Lipinski definition) is 6.